The summed E-state index contributed by atoms with van der Waals surface area (Å²) in [5.41, 5.74) is 0. The van der Waals surface area contributed by atoms with Crippen LogP contribution in [0.15, 0.2) is 76.7 Å². The van der Waals surface area contributed by atoms with Gasteiger partial charge in [-0.15, -0.1) is 3.89 Å². The first-order valence-electron chi connectivity index (χ1n) is 7.37. The van der Waals surface area contributed by atoms with E-state index in [0.29, 0.717) is 11.8 Å². The summed E-state index contributed by atoms with van der Waals surface area (Å²) < 4.78 is 67.4. The molecule has 0 aliphatic carbocycles. The van der Waals surface area contributed by atoms with E-state index in [2.05, 4.69) is 14.7 Å². The van der Waals surface area contributed by atoms with Crippen molar-refractivity contribution >= 4 is 26.2 Å². The van der Waals surface area contributed by atoms with Gasteiger partial charge in [-0.2, -0.15) is 13.4 Å². The highest BCUT2D eigenvalue weighted by Gasteiger charge is 2.20. The molecule has 0 saturated heterocycles. The van der Waals surface area contributed by atoms with Gasteiger partial charge < -0.3 is 4.74 Å². The van der Waals surface area contributed by atoms with Crippen molar-refractivity contribution in [2.75, 3.05) is 4.72 Å². The molecular weight excluding hydrogens is 397 g/mol. The fraction of sp³-hybridized carbons (Fsp3) is 0. The first-order valence-corrected chi connectivity index (χ1v) is 10.2. The Morgan fingerprint density at radius 2 is 1.59 bits per heavy atom. The first kappa shape index (κ1) is 18.7. The van der Waals surface area contributed by atoms with E-state index >= 15 is 0 Å². The standard InChI is InChI=1S/C16H12FN3O5S2/c17-26(21,22)13-7-4-8-14(11-13)27(23,24)20-16-18-10-9-15(19-16)25-12-5-2-1-3-6-12/h1-11H,(H,18,19,20). The number of sulfonamides is 1. The number of benzene rings is 2. The second-order valence-corrected chi connectivity index (χ2v) is 8.18. The van der Waals surface area contributed by atoms with E-state index in [9.17, 15) is 20.7 Å². The third-order valence-corrected chi connectivity index (χ3v) is 5.36. The average Bonchev–Trinajstić information content (AvgIpc) is 2.62. The lowest BCUT2D eigenvalue weighted by Crippen LogP contribution is -2.15. The van der Waals surface area contributed by atoms with Gasteiger partial charge in [0, 0.05) is 12.3 Å². The largest absolute Gasteiger partial charge is 0.439 e. The molecule has 8 nitrogen and oxygen atoms in total. The van der Waals surface area contributed by atoms with E-state index in [0.717, 1.165) is 18.2 Å². The Labute approximate surface area is 154 Å². The predicted octanol–water partition coefficient (Wildman–Crippen LogP) is 2.73. The van der Waals surface area contributed by atoms with E-state index in [-0.39, 0.29) is 11.8 Å². The Hall–Kier alpha value is -3.05. The zero-order chi connectivity index (χ0) is 19.5. The smallest absolute Gasteiger partial charge is 0.332 e. The Morgan fingerprint density at radius 3 is 2.30 bits per heavy atom. The Bertz CT molecular complexity index is 1170. The van der Waals surface area contributed by atoms with Crippen LogP contribution in [0.3, 0.4) is 0 Å². The molecule has 0 aliphatic heterocycles. The monoisotopic (exact) mass is 409 g/mol. The van der Waals surface area contributed by atoms with Crippen LogP contribution in [-0.4, -0.2) is 26.8 Å². The maximum absolute atomic E-state index is 13.1. The zero-order valence-electron chi connectivity index (χ0n) is 13.5. The zero-order valence-corrected chi connectivity index (χ0v) is 15.1. The van der Waals surface area contributed by atoms with Crippen molar-refractivity contribution in [3.63, 3.8) is 0 Å². The van der Waals surface area contributed by atoms with E-state index in [1.54, 1.807) is 30.3 Å². The van der Waals surface area contributed by atoms with Crippen molar-refractivity contribution in [3.05, 3.63) is 66.9 Å². The fourth-order valence-corrected chi connectivity index (χ4v) is 3.61. The summed E-state index contributed by atoms with van der Waals surface area (Å²) in [6.45, 7) is 0. The lowest BCUT2D eigenvalue weighted by atomic mass is 10.3. The molecule has 0 unspecified atom stereocenters. The molecule has 0 amide bonds. The Kier molecular flexibility index (Phi) is 5.06. The SMILES string of the molecule is O=S(=O)(F)c1cccc(S(=O)(=O)Nc2nccc(Oc3ccccc3)n2)c1. The van der Waals surface area contributed by atoms with Crippen LogP contribution in [-0.2, 0) is 20.2 Å². The van der Waals surface area contributed by atoms with Gasteiger partial charge in [-0.25, -0.2) is 18.1 Å². The summed E-state index contributed by atoms with van der Waals surface area (Å²) in [7, 11) is -9.29. The number of ether oxygens (including phenoxy) is 1. The van der Waals surface area contributed by atoms with Crippen LogP contribution in [0.5, 0.6) is 11.6 Å². The number of nitrogens with one attached hydrogen (secondary N) is 1. The molecule has 0 radical (unpaired) electrons. The van der Waals surface area contributed by atoms with E-state index in [1.165, 1.54) is 12.3 Å². The summed E-state index contributed by atoms with van der Waals surface area (Å²) in [6, 6.07) is 14.0. The maximum atomic E-state index is 13.1. The van der Waals surface area contributed by atoms with Crippen molar-refractivity contribution in [1.29, 1.82) is 0 Å². The van der Waals surface area contributed by atoms with Crippen molar-refractivity contribution in [2.45, 2.75) is 9.79 Å². The highest BCUT2D eigenvalue weighted by atomic mass is 32.3. The minimum absolute atomic E-state index is 0.0917. The molecule has 3 aromatic rings. The van der Waals surface area contributed by atoms with Gasteiger partial charge >= 0.3 is 10.2 Å². The topological polar surface area (TPSA) is 115 Å². The Morgan fingerprint density at radius 1 is 0.889 bits per heavy atom. The molecule has 0 saturated carbocycles. The predicted molar refractivity (Wildman–Crippen MR) is 94.1 cm³/mol. The van der Waals surface area contributed by atoms with Crippen LogP contribution in [0.4, 0.5) is 9.83 Å². The molecule has 3 rings (SSSR count). The summed E-state index contributed by atoms with van der Waals surface area (Å²) >= 11 is 0. The lowest BCUT2D eigenvalue weighted by Gasteiger charge is -2.09. The number of halogens is 1. The van der Waals surface area contributed by atoms with Crippen molar-refractivity contribution in [1.82, 2.24) is 9.97 Å². The van der Waals surface area contributed by atoms with Crippen LogP contribution in [0.25, 0.3) is 0 Å². The third-order valence-electron chi connectivity index (χ3n) is 3.22. The Balaban J connectivity index is 1.85. The second kappa shape index (κ2) is 7.29. The van der Waals surface area contributed by atoms with Gasteiger partial charge in [0.1, 0.15) is 5.75 Å². The van der Waals surface area contributed by atoms with E-state index in [1.807, 2.05) is 0 Å². The number of hydrogen-bond donors (Lipinski definition) is 1. The summed E-state index contributed by atoms with van der Waals surface area (Å²) in [6.07, 6.45) is 1.28. The fourth-order valence-electron chi connectivity index (χ4n) is 2.03. The molecule has 11 heteroatoms. The van der Waals surface area contributed by atoms with Gasteiger partial charge in [-0.1, -0.05) is 24.3 Å². The molecule has 0 bridgehead atoms. The van der Waals surface area contributed by atoms with Crippen LogP contribution < -0.4 is 9.46 Å². The van der Waals surface area contributed by atoms with Gasteiger partial charge in [-0.3, -0.25) is 0 Å². The second-order valence-electron chi connectivity index (χ2n) is 5.15. The molecule has 0 atom stereocenters. The van der Waals surface area contributed by atoms with Gasteiger partial charge in [0.25, 0.3) is 10.0 Å². The van der Waals surface area contributed by atoms with Gasteiger partial charge in [0.2, 0.25) is 11.8 Å². The number of hydrogen-bond acceptors (Lipinski definition) is 7. The van der Waals surface area contributed by atoms with Crippen molar-refractivity contribution in [2.24, 2.45) is 0 Å². The van der Waals surface area contributed by atoms with E-state index in [4.69, 9.17) is 4.74 Å². The summed E-state index contributed by atoms with van der Waals surface area (Å²) in [5.74, 6) is 0.289. The third kappa shape index (κ3) is 4.77. The summed E-state index contributed by atoms with van der Waals surface area (Å²) in [4.78, 5) is 6.49. The van der Waals surface area contributed by atoms with Gasteiger partial charge in [0.15, 0.2) is 0 Å². The van der Waals surface area contributed by atoms with Crippen molar-refractivity contribution in [3.8, 4) is 11.6 Å². The van der Waals surface area contributed by atoms with Gasteiger partial charge in [-0.05, 0) is 30.3 Å². The lowest BCUT2D eigenvalue weighted by molar-refractivity contribution is 0.462. The number of anilines is 1. The molecule has 0 spiro atoms. The average molecular weight is 409 g/mol. The molecule has 27 heavy (non-hydrogen) atoms. The minimum Gasteiger partial charge on any atom is -0.439 e. The first-order chi connectivity index (χ1) is 12.7. The van der Waals surface area contributed by atoms with Crippen LogP contribution in [0.1, 0.15) is 0 Å². The normalized spacial score (nSPS) is 11.7. The molecule has 1 heterocycles. The van der Waals surface area contributed by atoms with Crippen molar-refractivity contribution < 1.29 is 25.5 Å². The molecule has 2 aromatic carbocycles. The molecule has 1 N–H and O–H groups in total. The van der Waals surface area contributed by atoms with Crippen LogP contribution in [0.2, 0.25) is 0 Å². The van der Waals surface area contributed by atoms with Crippen LogP contribution in [0, 0.1) is 0 Å². The minimum atomic E-state index is -5.04. The highest BCUT2D eigenvalue weighted by Crippen LogP contribution is 2.22. The molecular formula is C16H12FN3O5S2. The quantitative estimate of drug-likeness (QED) is 0.622. The van der Waals surface area contributed by atoms with Gasteiger partial charge in [0.05, 0.1) is 9.79 Å². The molecule has 1 aromatic heterocycles. The maximum Gasteiger partial charge on any atom is 0.332 e. The molecule has 0 aliphatic rings. The number of nitrogens with zero attached hydrogens (tertiary/aromatic N) is 2. The number of aromatic nitrogens is 2. The molecule has 0 fully saturated rings. The summed E-state index contributed by atoms with van der Waals surface area (Å²) in [5, 5.41) is 0. The molecule has 140 valence electrons. The van der Waals surface area contributed by atoms with Crippen LogP contribution >= 0.6 is 0 Å². The number of rotatable bonds is 6. The highest BCUT2D eigenvalue weighted by molar-refractivity contribution is 7.92. The number of para-hydroxylation sites is 1. The van der Waals surface area contributed by atoms with E-state index < -0.39 is 30.0 Å².